The minimum absolute atomic E-state index is 0.126. The van der Waals surface area contributed by atoms with Crippen LogP contribution < -0.4 is 11.1 Å². The Bertz CT molecular complexity index is 224. The lowest BCUT2D eigenvalue weighted by Gasteiger charge is -2.26. The lowest BCUT2D eigenvalue weighted by atomic mass is 9.94. The van der Waals surface area contributed by atoms with Crippen LogP contribution in [0.2, 0.25) is 0 Å². The lowest BCUT2D eigenvalue weighted by molar-refractivity contribution is -0.124. The predicted molar refractivity (Wildman–Crippen MR) is 72.0 cm³/mol. The summed E-state index contributed by atoms with van der Waals surface area (Å²) >= 11 is 0. The zero-order valence-corrected chi connectivity index (χ0v) is 11.6. The second-order valence-corrected chi connectivity index (χ2v) is 5.20. The molecule has 0 heterocycles. The van der Waals surface area contributed by atoms with E-state index in [1.54, 1.807) is 6.92 Å². The molecule has 1 amide bonds. The van der Waals surface area contributed by atoms with Gasteiger partial charge in [-0.3, -0.25) is 4.79 Å². The average molecular weight is 260 g/mol. The van der Waals surface area contributed by atoms with Crippen molar-refractivity contribution in [3.8, 4) is 0 Å². The van der Waals surface area contributed by atoms with Crippen LogP contribution in [0.5, 0.6) is 0 Å². The van der Waals surface area contributed by atoms with E-state index in [1.165, 1.54) is 0 Å². The summed E-state index contributed by atoms with van der Waals surface area (Å²) < 4.78 is 0. The molecule has 0 spiro atoms. The van der Waals surface area contributed by atoms with Crippen molar-refractivity contribution in [1.82, 2.24) is 5.32 Å². The first-order valence-electron chi connectivity index (χ1n) is 6.74. The molecule has 0 saturated heterocycles. The van der Waals surface area contributed by atoms with Crippen molar-refractivity contribution >= 4 is 5.91 Å². The second-order valence-electron chi connectivity index (χ2n) is 5.20. The molecule has 18 heavy (non-hydrogen) atoms. The molecule has 5 heteroatoms. The largest absolute Gasteiger partial charge is 0.394 e. The number of aliphatic hydroxyl groups is 2. The van der Waals surface area contributed by atoms with Gasteiger partial charge in [-0.05, 0) is 32.2 Å². The molecule has 0 aromatic rings. The molecule has 0 aliphatic rings. The third-order valence-electron chi connectivity index (χ3n) is 3.19. The highest BCUT2D eigenvalue weighted by atomic mass is 16.3. The SMILES string of the molecule is CCCC(CCN)CCC(=O)NC(C)(CO)CO. The van der Waals surface area contributed by atoms with Gasteiger partial charge < -0.3 is 21.3 Å². The van der Waals surface area contributed by atoms with Gasteiger partial charge >= 0.3 is 0 Å². The Hall–Kier alpha value is -0.650. The standard InChI is InChI=1S/C13H28N2O3/c1-3-4-11(7-8-14)5-6-12(18)15-13(2,9-16)10-17/h11,16-17H,3-10,14H2,1-2H3,(H,15,18). The Balaban J connectivity index is 4.07. The highest BCUT2D eigenvalue weighted by Crippen LogP contribution is 2.17. The first-order chi connectivity index (χ1) is 8.51. The van der Waals surface area contributed by atoms with E-state index in [0.717, 1.165) is 25.7 Å². The highest BCUT2D eigenvalue weighted by molar-refractivity contribution is 5.76. The van der Waals surface area contributed by atoms with Gasteiger partial charge in [-0.2, -0.15) is 0 Å². The number of hydrogen-bond donors (Lipinski definition) is 4. The van der Waals surface area contributed by atoms with Crippen molar-refractivity contribution in [1.29, 1.82) is 0 Å². The van der Waals surface area contributed by atoms with Crippen LogP contribution in [0, 0.1) is 5.92 Å². The predicted octanol–water partition coefficient (Wildman–Crippen LogP) is 0.391. The Morgan fingerprint density at radius 3 is 2.33 bits per heavy atom. The summed E-state index contributed by atoms with van der Waals surface area (Å²) in [7, 11) is 0. The zero-order chi connectivity index (χ0) is 14.0. The van der Waals surface area contributed by atoms with Crippen LogP contribution in [0.15, 0.2) is 0 Å². The lowest BCUT2D eigenvalue weighted by Crippen LogP contribution is -2.51. The van der Waals surface area contributed by atoms with E-state index in [1.807, 2.05) is 0 Å². The molecule has 0 rings (SSSR count). The summed E-state index contributed by atoms with van der Waals surface area (Å²) in [6.45, 7) is 3.86. The normalized spacial score (nSPS) is 13.4. The van der Waals surface area contributed by atoms with Crippen LogP contribution >= 0.6 is 0 Å². The van der Waals surface area contributed by atoms with E-state index in [9.17, 15) is 4.79 Å². The number of nitrogens with two attached hydrogens (primary N) is 1. The monoisotopic (exact) mass is 260 g/mol. The van der Waals surface area contributed by atoms with Crippen molar-refractivity contribution in [3.05, 3.63) is 0 Å². The molecule has 0 fully saturated rings. The summed E-state index contributed by atoms with van der Waals surface area (Å²) in [6.07, 6.45) is 4.35. The fourth-order valence-electron chi connectivity index (χ4n) is 1.94. The molecule has 108 valence electrons. The molecule has 5 N–H and O–H groups in total. The van der Waals surface area contributed by atoms with E-state index in [2.05, 4.69) is 12.2 Å². The fourth-order valence-corrected chi connectivity index (χ4v) is 1.94. The number of amides is 1. The zero-order valence-electron chi connectivity index (χ0n) is 11.6. The molecule has 1 atom stereocenters. The summed E-state index contributed by atoms with van der Waals surface area (Å²) in [5, 5.41) is 20.8. The van der Waals surface area contributed by atoms with E-state index in [-0.39, 0.29) is 19.1 Å². The van der Waals surface area contributed by atoms with E-state index in [0.29, 0.717) is 18.9 Å². The Morgan fingerprint density at radius 1 is 1.28 bits per heavy atom. The molecule has 0 aromatic heterocycles. The third-order valence-corrected chi connectivity index (χ3v) is 3.19. The molecule has 1 unspecified atom stereocenters. The number of hydrogen-bond acceptors (Lipinski definition) is 4. The molecule has 5 nitrogen and oxygen atoms in total. The molecular weight excluding hydrogens is 232 g/mol. The van der Waals surface area contributed by atoms with Gasteiger partial charge in [0.25, 0.3) is 0 Å². The number of nitrogens with one attached hydrogen (secondary N) is 1. The molecule has 0 saturated carbocycles. The maximum Gasteiger partial charge on any atom is 0.220 e. The van der Waals surface area contributed by atoms with Gasteiger partial charge in [0.05, 0.1) is 18.8 Å². The summed E-state index contributed by atoms with van der Waals surface area (Å²) in [5.74, 6) is 0.360. The van der Waals surface area contributed by atoms with Crippen molar-refractivity contribution in [3.63, 3.8) is 0 Å². The number of aliphatic hydroxyl groups excluding tert-OH is 2. The van der Waals surface area contributed by atoms with Crippen molar-refractivity contribution in [2.45, 2.75) is 51.5 Å². The van der Waals surface area contributed by atoms with Crippen LogP contribution in [0.1, 0.15) is 46.0 Å². The van der Waals surface area contributed by atoms with Gasteiger partial charge in [-0.1, -0.05) is 19.8 Å². The van der Waals surface area contributed by atoms with Gasteiger partial charge in [0, 0.05) is 6.42 Å². The minimum Gasteiger partial charge on any atom is -0.394 e. The maximum atomic E-state index is 11.7. The summed E-state index contributed by atoms with van der Waals surface area (Å²) in [4.78, 5) is 11.7. The van der Waals surface area contributed by atoms with Crippen LogP contribution in [-0.2, 0) is 4.79 Å². The Morgan fingerprint density at radius 2 is 1.89 bits per heavy atom. The maximum absolute atomic E-state index is 11.7. The van der Waals surface area contributed by atoms with Gasteiger partial charge in [0.2, 0.25) is 5.91 Å². The Labute approximate surface area is 110 Å². The number of rotatable bonds is 10. The molecule has 0 aliphatic heterocycles. The minimum atomic E-state index is -0.925. The van der Waals surface area contributed by atoms with Crippen molar-refractivity contribution in [2.75, 3.05) is 19.8 Å². The van der Waals surface area contributed by atoms with E-state index < -0.39 is 5.54 Å². The van der Waals surface area contributed by atoms with Gasteiger partial charge in [-0.15, -0.1) is 0 Å². The van der Waals surface area contributed by atoms with Gasteiger partial charge in [0.15, 0.2) is 0 Å². The van der Waals surface area contributed by atoms with E-state index in [4.69, 9.17) is 15.9 Å². The summed E-state index contributed by atoms with van der Waals surface area (Å²) in [5.41, 5.74) is 4.62. The fraction of sp³-hybridized carbons (Fsp3) is 0.923. The van der Waals surface area contributed by atoms with Crippen LogP contribution in [0.3, 0.4) is 0 Å². The number of carbonyl (C=O) groups is 1. The van der Waals surface area contributed by atoms with Crippen LogP contribution in [-0.4, -0.2) is 41.4 Å². The van der Waals surface area contributed by atoms with Gasteiger partial charge in [0.1, 0.15) is 0 Å². The smallest absolute Gasteiger partial charge is 0.220 e. The highest BCUT2D eigenvalue weighted by Gasteiger charge is 2.24. The van der Waals surface area contributed by atoms with Crippen molar-refractivity contribution in [2.24, 2.45) is 11.7 Å². The first kappa shape index (κ1) is 17.4. The molecule has 0 aromatic carbocycles. The van der Waals surface area contributed by atoms with Crippen LogP contribution in [0.25, 0.3) is 0 Å². The second kappa shape index (κ2) is 9.30. The van der Waals surface area contributed by atoms with Crippen LogP contribution in [0.4, 0.5) is 0 Å². The third kappa shape index (κ3) is 6.93. The van der Waals surface area contributed by atoms with E-state index >= 15 is 0 Å². The first-order valence-corrected chi connectivity index (χ1v) is 6.74. The molecule has 0 bridgehead atoms. The van der Waals surface area contributed by atoms with Crippen molar-refractivity contribution < 1.29 is 15.0 Å². The quantitative estimate of drug-likeness (QED) is 0.457. The number of carbonyl (C=O) groups excluding carboxylic acids is 1. The molecule has 0 aliphatic carbocycles. The average Bonchev–Trinajstić information content (AvgIpc) is 2.36. The topological polar surface area (TPSA) is 95.6 Å². The van der Waals surface area contributed by atoms with Gasteiger partial charge in [-0.25, -0.2) is 0 Å². The molecular formula is C13H28N2O3. The summed E-state index contributed by atoms with van der Waals surface area (Å²) in [6, 6.07) is 0. The molecule has 0 radical (unpaired) electrons. The Kier molecular flexibility index (Phi) is 8.97.